The maximum absolute atomic E-state index is 11.5. The van der Waals surface area contributed by atoms with Gasteiger partial charge in [-0.05, 0) is 26.0 Å². The summed E-state index contributed by atoms with van der Waals surface area (Å²) < 4.78 is 11.2. The van der Waals surface area contributed by atoms with Crippen molar-refractivity contribution < 1.29 is 14.3 Å². The fourth-order valence-corrected chi connectivity index (χ4v) is 1.78. The molecule has 0 radical (unpaired) electrons. The standard InChI is InChI=1S/C16H26N2O3/c1-4-9-20-14-8-7-13(11-17-5-2)15(10-14)21-12-16(19)18-6-3/h7-8,10,17H,4-6,9,11-12H2,1-3H3,(H,18,19). The molecule has 0 saturated heterocycles. The third-order valence-electron chi connectivity index (χ3n) is 2.81. The molecule has 2 N–H and O–H groups in total. The highest BCUT2D eigenvalue weighted by atomic mass is 16.5. The van der Waals surface area contributed by atoms with Crippen molar-refractivity contribution in [3.8, 4) is 11.5 Å². The molecule has 118 valence electrons. The Kier molecular flexibility index (Phi) is 8.28. The van der Waals surface area contributed by atoms with Crippen LogP contribution in [0.2, 0.25) is 0 Å². The number of hydrogen-bond donors (Lipinski definition) is 2. The lowest BCUT2D eigenvalue weighted by atomic mass is 10.2. The quantitative estimate of drug-likeness (QED) is 0.694. The molecule has 1 amide bonds. The number of amides is 1. The maximum atomic E-state index is 11.5. The molecule has 0 saturated carbocycles. The van der Waals surface area contributed by atoms with Gasteiger partial charge in [-0.3, -0.25) is 4.79 Å². The van der Waals surface area contributed by atoms with E-state index in [9.17, 15) is 4.79 Å². The summed E-state index contributed by atoms with van der Waals surface area (Å²) in [5.74, 6) is 1.34. The molecule has 0 aliphatic heterocycles. The summed E-state index contributed by atoms with van der Waals surface area (Å²) >= 11 is 0. The number of rotatable bonds is 10. The van der Waals surface area contributed by atoms with Crippen LogP contribution in [0.25, 0.3) is 0 Å². The predicted molar refractivity (Wildman–Crippen MR) is 83.8 cm³/mol. The summed E-state index contributed by atoms with van der Waals surface area (Å²) in [6.45, 7) is 8.87. The van der Waals surface area contributed by atoms with E-state index < -0.39 is 0 Å². The Morgan fingerprint density at radius 2 is 1.95 bits per heavy atom. The van der Waals surface area contributed by atoms with Crippen LogP contribution in [0, 0.1) is 0 Å². The number of likely N-dealkylation sites (N-methyl/N-ethyl adjacent to an activating group) is 1. The van der Waals surface area contributed by atoms with Crippen LogP contribution in [-0.4, -0.2) is 32.2 Å². The second kappa shape index (κ2) is 10.0. The van der Waals surface area contributed by atoms with Crippen molar-refractivity contribution in [3.05, 3.63) is 23.8 Å². The second-order valence-electron chi connectivity index (χ2n) is 4.64. The number of hydrogen-bond acceptors (Lipinski definition) is 4. The summed E-state index contributed by atoms with van der Waals surface area (Å²) in [7, 11) is 0. The van der Waals surface area contributed by atoms with E-state index in [1.165, 1.54) is 0 Å². The van der Waals surface area contributed by atoms with E-state index in [0.29, 0.717) is 25.4 Å². The first kappa shape index (κ1) is 17.3. The third kappa shape index (κ3) is 6.49. The van der Waals surface area contributed by atoms with Gasteiger partial charge >= 0.3 is 0 Å². The topological polar surface area (TPSA) is 59.6 Å². The zero-order valence-electron chi connectivity index (χ0n) is 13.2. The Labute approximate surface area is 127 Å². The molecule has 1 aromatic carbocycles. The molecule has 1 aromatic rings. The first-order chi connectivity index (χ1) is 10.2. The molecular formula is C16H26N2O3. The molecule has 0 aliphatic rings. The summed E-state index contributed by atoms with van der Waals surface area (Å²) in [4.78, 5) is 11.5. The predicted octanol–water partition coefficient (Wildman–Crippen LogP) is 2.10. The minimum absolute atomic E-state index is 0.0181. The van der Waals surface area contributed by atoms with E-state index in [2.05, 4.69) is 17.6 Å². The van der Waals surface area contributed by atoms with Crippen molar-refractivity contribution in [2.24, 2.45) is 0 Å². The highest BCUT2D eigenvalue weighted by Crippen LogP contribution is 2.25. The number of carbonyl (C=O) groups excluding carboxylic acids is 1. The summed E-state index contributed by atoms with van der Waals surface area (Å²) in [6.07, 6.45) is 0.953. The monoisotopic (exact) mass is 294 g/mol. The van der Waals surface area contributed by atoms with Gasteiger partial charge in [0.2, 0.25) is 0 Å². The van der Waals surface area contributed by atoms with Gasteiger partial charge in [-0.15, -0.1) is 0 Å². The van der Waals surface area contributed by atoms with Crippen molar-refractivity contribution >= 4 is 5.91 Å². The van der Waals surface area contributed by atoms with E-state index in [1.54, 1.807) is 0 Å². The third-order valence-corrected chi connectivity index (χ3v) is 2.81. The van der Waals surface area contributed by atoms with Crippen molar-refractivity contribution in [2.45, 2.75) is 33.7 Å². The molecule has 0 fully saturated rings. The number of nitrogens with one attached hydrogen (secondary N) is 2. The Morgan fingerprint density at radius 1 is 1.14 bits per heavy atom. The van der Waals surface area contributed by atoms with E-state index in [1.807, 2.05) is 32.0 Å². The molecular weight excluding hydrogens is 268 g/mol. The van der Waals surface area contributed by atoms with Gasteiger partial charge in [-0.25, -0.2) is 0 Å². The normalized spacial score (nSPS) is 10.2. The Bertz CT molecular complexity index is 436. The molecule has 5 heteroatoms. The molecule has 1 rings (SSSR count). The SMILES string of the molecule is CCCOc1ccc(CNCC)c(OCC(=O)NCC)c1. The lowest BCUT2D eigenvalue weighted by Crippen LogP contribution is -2.28. The molecule has 0 heterocycles. The lowest BCUT2D eigenvalue weighted by molar-refractivity contribution is -0.123. The van der Waals surface area contributed by atoms with E-state index in [0.717, 1.165) is 24.3 Å². The molecule has 21 heavy (non-hydrogen) atoms. The van der Waals surface area contributed by atoms with Crippen molar-refractivity contribution in [2.75, 3.05) is 26.3 Å². The fourth-order valence-electron chi connectivity index (χ4n) is 1.78. The van der Waals surface area contributed by atoms with Gasteiger partial charge in [0.05, 0.1) is 6.61 Å². The zero-order valence-corrected chi connectivity index (χ0v) is 13.2. The minimum atomic E-state index is -0.119. The highest BCUT2D eigenvalue weighted by molar-refractivity contribution is 5.77. The molecule has 0 aliphatic carbocycles. The first-order valence-electron chi connectivity index (χ1n) is 7.57. The minimum Gasteiger partial charge on any atom is -0.493 e. The van der Waals surface area contributed by atoms with E-state index in [4.69, 9.17) is 9.47 Å². The maximum Gasteiger partial charge on any atom is 0.257 e. The molecule has 0 unspecified atom stereocenters. The van der Waals surface area contributed by atoms with E-state index >= 15 is 0 Å². The van der Waals surface area contributed by atoms with E-state index in [-0.39, 0.29) is 12.5 Å². The molecule has 0 atom stereocenters. The molecule has 0 spiro atoms. The fraction of sp³-hybridized carbons (Fsp3) is 0.562. The van der Waals surface area contributed by atoms with Crippen LogP contribution >= 0.6 is 0 Å². The van der Waals surface area contributed by atoms with Crippen molar-refractivity contribution in [3.63, 3.8) is 0 Å². The van der Waals surface area contributed by atoms with Crippen LogP contribution in [0.4, 0.5) is 0 Å². The first-order valence-corrected chi connectivity index (χ1v) is 7.57. The highest BCUT2D eigenvalue weighted by Gasteiger charge is 2.08. The summed E-state index contributed by atoms with van der Waals surface area (Å²) in [6, 6.07) is 5.75. The van der Waals surface area contributed by atoms with Crippen molar-refractivity contribution in [1.82, 2.24) is 10.6 Å². The number of benzene rings is 1. The van der Waals surface area contributed by atoms with Gasteiger partial charge < -0.3 is 20.1 Å². The summed E-state index contributed by atoms with van der Waals surface area (Å²) in [5.41, 5.74) is 1.02. The van der Waals surface area contributed by atoms with Gasteiger partial charge in [-0.1, -0.05) is 19.9 Å². The van der Waals surface area contributed by atoms with Crippen LogP contribution in [0.1, 0.15) is 32.8 Å². The van der Waals surface area contributed by atoms with Gasteiger partial charge in [-0.2, -0.15) is 0 Å². The summed E-state index contributed by atoms with van der Waals surface area (Å²) in [5, 5.41) is 5.98. The van der Waals surface area contributed by atoms with Gasteiger partial charge in [0.25, 0.3) is 5.91 Å². The Balaban J connectivity index is 2.75. The van der Waals surface area contributed by atoms with Gasteiger partial charge in [0.15, 0.2) is 6.61 Å². The number of ether oxygens (including phenoxy) is 2. The number of carbonyl (C=O) groups is 1. The van der Waals surface area contributed by atoms with Crippen molar-refractivity contribution in [1.29, 1.82) is 0 Å². The van der Waals surface area contributed by atoms with Crippen LogP contribution in [0.3, 0.4) is 0 Å². The lowest BCUT2D eigenvalue weighted by Gasteiger charge is -2.14. The Hall–Kier alpha value is -1.75. The van der Waals surface area contributed by atoms with Gasteiger partial charge in [0, 0.05) is 24.7 Å². The van der Waals surface area contributed by atoms with Gasteiger partial charge in [0.1, 0.15) is 11.5 Å². The van der Waals surface area contributed by atoms with Crippen LogP contribution in [0.5, 0.6) is 11.5 Å². The Morgan fingerprint density at radius 3 is 2.62 bits per heavy atom. The average molecular weight is 294 g/mol. The van der Waals surface area contributed by atoms with Crippen LogP contribution < -0.4 is 20.1 Å². The largest absolute Gasteiger partial charge is 0.493 e. The average Bonchev–Trinajstić information content (AvgIpc) is 2.50. The molecule has 0 bridgehead atoms. The molecule has 0 aromatic heterocycles. The zero-order chi connectivity index (χ0) is 15.5. The van der Waals surface area contributed by atoms with Crippen LogP contribution in [0.15, 0.2) is 18.2 Å². The second-order valence-corrected chi connectivity index (χ2v) is 4.64. The van der Waals surface area contributed by atoms with Crippen LogP contribution in [-0.2, 0) is 11.3 Å². The molecule has 5 nitrogen and oxygen atoms in total. The smallest absolute Gasteiger partial charge is 0.257 e.